The normalized spacial score (nSPS) is 29.1. The fourth-order valence-electron chi connectivity index (χ4n) is 1.84. The van der Waals surface area contributed by atoms with Crippen LogP contribution >= 0.6 is 0 Å². The van der Waals surface area contributed by atoms with Crippen molar-refractivity contribution in [2.45, 2.75) is 70.9 Å². The predicted molar refractivity (Wildman–Crippen MR) is 59.8 cm³/mol. The van der Waals surface area contributed by atoms with Crippen LogP contribution < -0.4 is 0 Å². The molecule has 0 aromatic rings. The highest BCUT2D eigenvalue weighted by Crippen LogP contribution is 2.38. The molecule has 1 aliphatic rings. The van der Waals surface area contributed by atoms with Crippen LogP contribution in [0.1, 0.15) is 53.9 Å². The molecule has 1 atom stereocenters. The van der Waals surface area contributed by atoms with Gasteiger partial charge >= 0.3 is 5.97 Å². The van der Waals surface area contributed by atoms with E-state index in [2.05, 4.69) is 0 Å². The van der Waals surface area contributed by atoms with Gasteiger partial charge in [-0.15, -0.1) is 0 Å². The molecule has 16 heavy (non-hydrogen) atoms. The molecule has 4 nitrogen and oxygen atoms in total. The fraction of sp³-hybridized carbons (Fsp3) is 0.917. The van der Waals surface area contributed by atoms with Crippen molar-refractivity contribution in [1.29, 1.82) is 0 Å². The third kappa shape index (κ3) is 4.10. The molecule has 1 unspecified atom stereocenters. The van der Waals surface area contributed by atoms with Gasteiger partial charge in [0.05, 0.1) is 12.0 Å². The number of carbonyl (C=O) groups is 1. The van der Waals surface area contributed by atoms with Crippen molar-refractivity contribution in [1.82, 2.24) is 0 Å². The van der Waals surface area contributed by atoms with Crippen molar-refractivity contribution in [3.05, 3.63) is 0 Å². The number of hydrogen-bond acceptors (Lipinski definition) is 4. The monoisotopic (exact) mass is 230 g/mol. The zero-order chi connectivity index (χ0) is 12.6. The molecule has 1 saturated heterocycles. The van der Waals surface area contributed by atoms with Crippen molar-refractivity contribution in [3.63, 3.8) is 0 Å². The van der Waals surface area contributed by atoms with Gasteiger partial charge in [0.15, 0.2) is 5.79 Å². The Morgan fingerprint density at radius 2 is 1.94 bits per heavy atom. The Balaban J connectivity index is 2.52. The third-order valence-corrected chi connectivity index (χ3v) is 2.42. The van der Waals surface area contributed by atoms with Crippen molar-refractivity contribution >= 4 is 5.97 Å². The topological polar surface area (TPSA) is 55.8 Å². The second kappa shape index (κ2) is 4.00. The molecule has 0 aromatic heterocycles. The van der Waals surface area contributed by atoms with Gasteiger partial charge in [-0.05, 0) is 41.0 Å². The molecular weight excluding hydrogens is 208 g/mol. The first kappa shape index (κ1) is 13.5. The maximum atomic E-state index is 11.6. The maximum absolute atomic E-state index is 11.6. The molecule has 0 amide bonds. The van der Waals surface area contributed by atoms with Gasteiger partial charge in [-0.2, -0.15) is 0 Å². The number of rotatable bonds is 2. The summed E-state index contributed by atoms with van der Waals surface area (Å²) in [4.78, 5) is 11.6. The van der Waals surface area contributed by atoms with Crippen LogP contribution in [-0.2, 0) is 14.3 Å². The SMILES string of the molecule is CC(C)(C)OC(=O)CC1(O)CCC(C)(C)O1. The van der Waals surface area contributed by atoms with Crippen LogP contribution in [0.4, 0.5) is 0 Å². The molecule has 0 saturated carbocycles. The Morgan fingerprint density at radius 1 is 1.38 bits per heavy atom. The Bertz CT molecular complexity index is 277. The molecule has 0 radical (unpaired) electrons. The quantitative estimate of drug-likeness (QED) is 0.737. The average molecular weight is 230 g/mol. The van der Waals surface area contributed by atoms with Crippen LogP contribution in [0.2, 0.25) is 0 Å². The van der Waals surface area contributed by atoms with Crippen LogP contribution in [0.3, 0.4) is 0 Å². The summed E-state index contributed by atoms with van der Waals surface area (Å²) >= 11 is 0. The number of aliphatic hydroxyl groups is 1. The van der Waals surface area contributed by atoms with E-state index in [0.717, 1.165) is 6.42 Å². The van der Waals surface area contributed by atoms with Crippen molar-refractivity contribution in [2.75, 3.05) is 0 Å². The molecule has 1 aliphatic heterocycles. The lowest BCUT2D eigenvalue weighted by molar-refractivity contribution is -0.224. The van der Waals surface area contributed by atoms with E-state index >= 15 is 0 Å². The van der Waals surface area contributed by atoms with E-state index in [1.54, 1.807) is 20.8 Å². The molecule has 0 aromatic carbocycles. The maximum Gasteiger partial charge on any atom is 0.311 e. The van der Waals surface area contributed by atoms with Gasteiger partial charge in [0.1, 0.15) is 5.60 Å². The number of esters is 1. The van der Waals surface area contributed by atoms with Crippen LogP contribution in [0, 0.1) is 0 Å². The smallest absolute Gasteiger partial charge is 0.311 e. The Morgan fingerprint density at radius 3 is 2.31 bits per heavy atom. The van der Waals surface area contributed by atoms with Gasteiger partial charge < -0.3 is 14.6 Å². The van der Waals surface area contributed by atoms with Gasteiger partial charge in [0.25, 0.3) is 0 Å². The molecule has 0 spiro atoms. The second-order valence-electron chi connectivity index (χ2n) is 6.07. The summed E-state index contributed by atoms with van der Waals surface area (Å²) in [5.41, 5.74) is -0.891. The standard InChI is InChI=1S/C12H22O4/c1-10(2,3)15-9(13)8-12(14)7-6-11(4,5)16-12/h14H,6-8H2,1-5H3. The van der Waals surface area contributed by atoms with E-state index in [0.29, 0.717) is 6.42 Å². The van der Waals surface area contributed by atoms with E-state index in [9.17, 15) is 9.90 Å². The molecule has 1 rings (SSSR count). The molecule has 0 aliphatic carbocycles. The minimum absolute atomic E-state index is 0.103. The zero-order valence-electron chi connectivity index (χ0n) is 10.8. The molecule has 1 N–H and O–H groups in total. The molecule has 1 fully saturated rings. The Kier molecular flexibility index (Phi) is 3.37. The average Bonchev–Trinajstić information content (AvgIpc) is 2.19. The van der Waals surface area contributed by atoms with E-state index in [1.807, 2.05) is 13.8 Å². The van der Waals surface area contributed by atoms with E-state index in [4.69, 9.17) is 9.47 Å². The Hall–Kier alpha value is -0.610. The highest BCUT2D eigenvalue weighted by Gasteiger charge is 2.44. The van der Waals surface area contributed by atoms with E-state index in [-0.39, 0.29) is 12.0 Å². The summed E-state index contributed by atoms with van der Waals surface area (Å²) in [6, 6.07) is 0. The summed E-state index contributed by atoms with van der Waals surface area (Å²) < 4.78 is 10.6. The minimum Gasteiger partial charge on any atom is -0.460 e. The highest BCUT2D eigenvalue weighted by atomic mass is 16.6. The van der Waals surface area contributed by atoms with Crippen LogP contribution in [0.5, 0.6) is 0 Å². The van der Waals surface area contributed by atoms with Crippen molar-refractivity contribution in [2.24, 2.45) is 0 Å². The van der Waals surface area contributed by atoms with Crippen LogP contribution in [0.25, 0.3) is 0 Å². The third-order valence-electron chi connectivity index (χ3n) is 2.42. The first-order valence-corrected chi connectivity index (χ1v) is 5.66. The molecule has 4 heteroatoms. The largest absolute Gasteiger partial charge is 0.460 e. The van der Waals surface area contributed by atoms with Gasteiger partial charge in [0.2, 0.25) is 0 Å². The summed E-state index contributed by atoms with van der Waals surface area (Å²) in [5, 5.41) is 10.1. The number of carbonyl (C=O) groups excluding carboxylic acids is 1. The van der Waals surface area contributed by atoms with E-state index < -0.39 is 17.4 Å². The molecule has 1 heterocycles. The van der Waals surface area contributed by atoms with Crippen LogP contribution in [0.15, 0.2) is 0 Å². The predicted octanol–water partition coefficient (Wildman–Crippen LogP) is 2.00. The fourth-order valence-corrected chi connectivity index (χ4v) is 1.84. The Labute approximate surface area is 96.9 Å². The van der Waals surface area contributed by atoms with Gasteiger partial charge in [-0.25, -0.2) is 0 Å². The lowest BCUT2D eigenvalue weighted by Gasteiger charge is -2.27. The van der Waals surface area contributed by atoms with Crippen molar-refractivity contribution in [3.8, 4) is 0 Å². The molecule has 0 bridgehead atoms. The van der Waals surface area contributed by atoms with Gasteiger partial charge in [-0.3, -0.25) is 4.79 Å². The van der Waals surface area contributed by atoms with Gasteiger partial charge in [-0.1, -0.05) is 0 Å². The summed E-state index contributed by atoms with van der Waals surface area (Å²) in [5.74, 6) is -1.78. The molecule has 94 valence electrons. The van der Waals surface area contributed by atoms with Gasteiger partial charge in [0, 0.05) is 6.42 Å². The lowest BCUT2D eigenvalue weighted by atomic mass is 10.0. The first-order chi connectivity index (χ1) is 7.02. The highest BCUT2D eigenvalue weighted by molar-refractivity contribution is 5.70. The summed E-state index contributed by atoms with van der Waals surface area (Å²) in [6.45, 7) is 9.21. The summed E-state index contributed by atoms with van der Waals surface area (Å²) in [7, 11) is 0. The number of hydrogen-bond donors (Lipinski definition) is 1. The lowest BCUT2D eigenvalue weighted by Crippen LogP contribution is -2.36. The minimum atomic E-state index is -1.36. The van der Waals surface area contributed by atoms with Crippen LogP contribution in [-0.4, -0.2) is 28.1 Å². The van der Waals surface area contributed by atoms with E-state index in [1.165, 1.54) is 0 Å². The first-order valence-electron chi connectivity index (χ1n) is 5.66. The number of ether oxygens (including phenoxy) is 2. The second-order valence-corrected chi connectivity index (χ2v) is 6.07. The van der Waals surface area contributed by atoms with Crippen molar-refractivity contribution < 1.29 is 19.4 Å². The zero-order valence-corrected chi connectivity index (χ0v) is 10.8. The summed E-state index contributed by atoms with van der Waals surface area (Å²) in [6.07, 6.45) is 1.11. The molecular formula is C12H22O4.